The molecule has 2 aromatic carbocycles. The predicted octanol–water partition coefficient (Wildman–Crippen LogP) is 5.46. The highest BCUT2D eigenvalue weighted by atomic mass is 35.5. The highest BCUT2D eigenvalue weighted by molar-refractivity contribution is 6.36. The lowest BCUT2D eigenvalue weighted by Gasteiger charge is -2.48. The summed E-state index contributed by atoms with van der Waals surface area (Å²) >= 11 is 6.48. The molecule has 0 radical (unpaired) electrons. The molecule has 2 aliphatic heterocycles. The molecule has 0 bridgehead atoms. The predicted molar refractivity (Wildman–Crippen MR) is 176 cm³/mol. The zero-order chi connectivity index (χ0) is 33.5. The van der Waals surface area contributed by atoms with Gasteiger partial charge in [0.1, 0.15) is 17.7 Å². The molecule has 9 nitrogen and oxygen atoms in total. The summed E-state index contributed by atoms with van der Waals surface area (Å²) in [6.07, 6.45) is 1.27. The number of aromatic nitrogens is 2. The van der Waals surface area contributed by atoms with Gasteiger partial charge in [-0.1, -0.05) is 36.4 Å². The molecule has 1 aliphatic carbocycles. The molecule has 3 aliphatic rings. The van der Waals surface area contributed by atoms with Crippen LogP contribution in [0.5, 0.6) is 6.01 Å². The Hall–Kier alpha value is -4.08. The molecule has 47 heavy (non-hydrogen) atoms. The van der Waals surface area contributed by atoms with Gasteiger partial charge in [-0.05, 0) is 44.1 Å². The van der Waals surface area contributed by atoms with E-state index in [1.54, 1.807) is 11.0 Å². The molecule has 0 spiro atoms. The van der Waals surface area contributed by atoms with Crippen LogP contribution in [-0.2, 0) is 17.8 Å². The molecule has 13 heteroatoms. The van der Waals surface area contributed by atoms with E-state index in [4.69, 9.17) is 32.9 Å². The van der Waals surface area contributed by atoms with Crippen LogP contribution in [0.3, 0.4) is 0 Å². The Bertz CT molecular complexity index is 1730. The van der Waals surface area contributed by atoms with Gasteiger partial charge >= 0.3 is 6.01 Å². The van der Waals surface area contributed by atoms with Crippen molar-refractivity contribution in [2.75, 3.05) is 69.8 Å². The summed E-state index contributed by atoms with van der Waals surface area (Å²) in [6.45, 7) is 13.9. The minimum atomic E-state index is -2.73. The average molecular weight is 668 g/mol. The number of hydrogen-bond donors (Lipinski definition) is 0. The van der Waals surface area contributed by atoms with Gasteiger partial charge in [-0.2, -0.15) is 9.97 Å². The van der Waals surface area contributed by atoms with Crippen molar-refractivity contribution in [1.29, 1.82) is 0 Å². The molecule has 0 N–H and O–H groups in total. The molecule has 1 saturated heterocycles. The monoisotopic (exact) mass is 667 g/mol. The number of fused-ring (bicyclic) bond motifs is 2. The van der Waals surface area contributed by atoms with Crippen molar-refractivity contribution in [3.8, 4) is 6.01 Å². The Labute approximate surface area is 277 Å². The lowest BCUT2D eigenvalue weighted by atomic mass is 9.66. The Morgan fingerprint density at radius 3 is 2.68 bits per heavy atom. The number of ether oxygens (including phenoxy) is 1. The Kier molecular flexibility index (Phi) is 8.98. The molecule has 3 heterocycles. The number of nitrogens with zero attached hydrogens (tertiary/aromatic N) is 7. The van der Waals surface area contributed by atoms with Crippen LogP contribution in [0.1, 0.15) is 24.1 Å². The molecule has 1 atom stereocenters. The lowest BCUT2D eigenvalue weighted by molar-refractivity contribution is -0.178. The van der Waals surface area contributed by atoms with Gasteiger partial charge < -0.3 is 29.2 Å². The van der Waals surface area contributed by atoms with Gasteiger partial charge in [0.2, 0.25) is 18.4 Å². The van der Waals surface area contributed by atoms with Crippen LogP contribution in [0.4, 0.5) is 24.7 Å². The molecule has 1 amide bonds. The number of benzene rings is 2. The quantitative estimate of drug-likeness (QED) is 0.222. The third-order valence-corrected chi connectivity index (χ3v) is 9.61. The number of carbonyl (C=O) groups excluding carboxylic acids is 1. The molecular formula is C34H37ClF3N7O2. The van der Waals surface area contributed by atoms with Gasteiger partial charge in [-0.25, -0.2) is 19.7 Å². The number of alkyl halides is 2. The summed E-state index contributed by atoms with van der Waals surface area (Å²) in [7, 11) is 3.70. The Morgan fingerprint density at radius 2 is 1.98 bits per heavy atom. The topological polar surface area (TPSA) is 69.4 Å². The summed E-state index contributed by atoms with van der Waals surface area (Å²) in [5, 5.41) is 1.48. The summed E-state index contributed by atoms with van der Waals surface area (Å²) in [6, 6.07) is 8.48. The van der Waals surface area contributed by atoms with Gasteiger partial charge in [-0.3, -0.25) is 4.79 Å². The number of carbonyl (C=O) groups is 1. The molecule has 0 unspecified atom stereocenters. The van der Waals surface area contributed by atoms with Gasteiger partial charge in [0.15, 0.2) is 0 Å². The number of amides is 1. The highest BCUT2D eigenvalue weighted by Gasteiger charge is 2.57. The van der Waals surface area contributed by atoms with E-state index in [1.165, 1.54) is 12.1 Å². The second kappa shape index (κ2) is 12.8. The van der Waals surface area contributed by atoms with Crippen LogP contribution in [-0.4, -0.2) is 97.6 Å². The van der Waals surface area contributed by atoms with Crippen molar-refractivity contribution >= 4 is 39.8 Å². The molecular weight excluding hydrogens is 631 g/mol. The van der Waals surface area contributed by atoms with E-state index in [-0.39, 0.29) is 49.0 Å². The zero-order valence-corrected chi connectivity index (χ0v) is 27.2. The maximum Gasteiger partial charge on any atom is 0.318 e. The third-order valence-electron chi connectivity index (χ3n) is 9.24. The first kappa shape index (κ1) is 32.8. The first-order valence-corrected chi connectivity index (χ1v) is 16.0. The molecule has 6 rings (SSSR count). The molecule has 1 saturated carbocycles. The van der Waals surface area contributed by atoms with E-state index in [2.05, 4.69) is 21.2 Å². The number of piperazine rings is 1. The van der Waals surface area contributed by atoms with Crippen LogP contribution in [0.25, 0.3) is 15.6 Å². The van der Waals surface area contributed by atoms with Crippen LogP contribution in [0, 0.1) is 17.8 Å². The summed E-state index contributed by atoms with van der Waals surface area (Å²) in [5.41, 5.74) is 1.65. The Morgan fingerprint density at radius 1 is 1.19 bits per heavy atom. The van der Waals surface area contributed by atoms with Crippen molar-refractivity contribution in [3.63, 3.8) is 0 Å². The number of halogens is 4. The summed E-state index contributed by atoms with van der Waals surface area (Å²) < 4.78 is 49.0. The first-order valence-electron chi connectivity index (χ1n) is 15.6. The van der Waals surface area contributed by atoms with Gasteiger partial charge in [-0.15, -0.1) is 0 Å². The van der Waals surface area contributed by atoms with E-state index in [0.29, 0.717) is 62.6 Å². The van der Waals surface area contributed by atoms with Crippen LogP contribution >= 0.6 is 11.6 Å². The van der Waals surface area contributed by atoms with E-state index < -0.39 is 17.2 Å². The minimum absolute atomic E-state index is 0.0306. The molecule has 3 aromatic rings. The van der Waals surface area contributed by atoms with Gasteiger partial charge in [0.05, 0.1) is 23.9 Å². The van der Waals surface area contributed by atoms with Gasteiger partial charge in [0.25, 0.3) is 0 Å². The van der Waals surface area contributed by atoms with Crippen LogP contribution < -0.4 is 14.5 Å². The SMILES string of the molecule is [C-]#[N+]C[C@H]1CN(c2nc(OCC3(CN(C)C)CC(F)(F)C3)nc3c2CCN(c2cccc4ccc(F)c(Cl)c24)C3)CCN1C(=O)C=C. The smallest absolute Gasteiger partial charge is 0.318 e. The van der Waals surface area contributed by atoms with E-state index >= 15 is 0 Å². The van der Waals surface area contributed by atoms with Crippen LogP contribution in [0.15, 0.2) is 43.0 Å². The van der Waals surface area contributed by atoms with Crippen molar-refractivity contribution in [2.24, 2.45) is 5.41 Å². The minimum Gasteiger partial charge on any atom is -0.463 e. The van der Waals surface area contributed by atoms with E-state index in [0.717, 1.165) is 16.6 Å². The normalized spacial score (nSPS) is 20.0. The van der Waals surface area contributed by atoms with Crippen molar-refractivity contribution in [2.45, 2.75) is 37.8 Å². The first-order chi connectivity index (χ1) is 22.4. The number of rotatable bonds is 9. The largest absolute Gasteiger partial charge is 0.463 e. The zero-order valence-electron chi connectivity index (χ0n) is 26.5. The highest BCUT2D eigenvalue weighted by Crippen LogP contribution is 2.52. The fourth-order valence-corrected chi connectivity index (χ4v) is 7.65. The van der Waals surface area contributed by atoms with Crippen molar-refractivity contribution < 1.29 is 22.7 Å². The third kappa shape index (κ3) is 6.56. The molecule has 1 aromatic heterocycles. The molecule has 248 valence electrons. The van der Waals surface area contributed by atoms with Crippen molar-refractivity contribution in [1.82, 2.24) is 19.8 Å². The second-order valence-electron chi connectivity index (χ2n) is 13.1. The average Bonchev–Trinajstić information content (AvgIpc) is 3.03. The fourth-order valence-electron chi connectivity index (χ4n) is 7.39. The summed E-state index contributed by atoms with van der Waals surface area (Å²) in [4.78, 5) is 33.5. The number of hydrogen-bond acceptors (Lipinski definition) is 7. The maximum atomic E-state index is 14.6. The lowest BCUT2D eigenvalue weighted by Crippen LogP contribution is -2.56. The summed E-state index contributed by atoms with van der Waals surface area (Å²) in [5.74, 6) is -2.81. The maximum absolute atomic E-state index is 14.6. The Balaban J connectivity index is 1.36. The number of anilines is 2. The molecule has 2 fully saturated rings. The van der Waals surface area contributed by atoms with Gasteiger partial charge in [0, 0.05) is 67.6 Å². The fraction of sp³-hybridized carbons (Fsp3) is 0.471. The van der Waals surface area contributed by atoms with E-state index in [1.807, 2.05) is 37.2 Å². The van der Waals surface area contributed by atoms with Crippen molar-refractivity contribution in [3.05, 3.63) is 76.5 Å². The standard InChI is InChI=1S/C34H37ClF3N7O2/c1-5-28(46)45-14-13-44(16-23(45)15-39-2)31-24-11-12-43(27-8-6-7-22-9-10-25(36)30(35)29(22)27)17-26(24)40-32(41-31)47-21-33(20-42(3)4)18-34(37,38)19-33/h5-10,23H,1,11-21H2,3-4H3/t23-/m0/s1. The van der Waals surface area contributed by atoms with E-state index in [9.17, 15) is 18.0 Å². The second-order valence-corrected chi connectivity index (χ2v) is 13.5. The van der Waals surface area contributed by atoms with Crippen LogP contribution in [0.2, 0.25) is 5.02 Å².